The molecule has 0 bridgehead atoms. The Balaban J connectivity index is 1.77. The van der Waals surface area contributed by atoms with Crippen LogP contribution in [0.5, 0.6) is 0 Å². The normalized spacial score (nSPS) is 11.1. The zero-order valence-corrected chi connectivity index (χ0v) is 16.2. The zero-order chi connectivity index (χ0) is 20.3. The van der Waals surface area contributed by atoms with Crippen molar-refractivity contribution in [1.29, 1.82) is 0 Å². The number of benzene rings is 3. The maximum absolute atomic E-state index is 13.7. The van der Waals surface area contributed by atoms with E-state index in [2.05, 4.69) is 10.0 Å². The summed E-state index contributed by atoms with van der Waals surface area (Å²) in [5, 5.41) is 2.55. The third-order valence-corrected chi connectivity index (χ3v) is 5.56. The Morgan fingerprint density at radius 3 is 2.29 bits per heavy atom. The Hall–Kier alpha value is -3.19. The summed E-state index contributed by atoms with van der Waals surface area (Å²) >= 11 is 0. The van der Waals surface area contributed by atoms with Gasteiger partial charge in [-0.3, -0.25) is 9.52 Å². The van der Waals surface area contributed by atoms with Gasteiger partial charge in [0.2, 0.25) is 0 Å². The highest BCUT2D eigenvalue weighted by molar-refractivity contribution is 7.92. The molecule has 0 aromatic heterocycles. The molecule has 0 atom stereocenters. The van der Waals surface area contributed by atoms with Crippen LogP contribution in [0.2, 0.25) is 0 Å². The second-order valence-electron chi connectivity index (χ2n) is 6.38. The molecule has 0 spiro atoms. The van der Waals surface area contributed by atoms with Gasteiger partial charge in [0.25, 0.3) is 15.9 Å². The van der Waals surface area contributed by atoms with Crippen molar-refractivity contribution in [1.82, 2.24) is 0 Å². The molecule has 0 fully saturated rings. The topological polar surface area (TPSA) is 75.3 Å². The quantitative estimate of drug-likeness (QED) is 0.665. The number of halogens is 1. The van der Waals surface area contributed by atoms with Crippen molar-refractivity contribution in [2.24, 2.45) is 0 Å². The van der Waals surface area contributed by atoms with Crippen molar-refractivity contribution in [3.63, 3.8) is 0 Å². The monoisotopic (exact) mass is 398 g/mol. The Morgan fingerprint density at radius 2 is 1.61 bits per heavy atom. The summed E-state index contributed by atoms with van der Waals surface area (Å²) in [5.74, 6) is -1.24. The minimum Gasteiger partial charge on any atom is -0.322 e. The van der Waals surface area contributed by atoms with Gasteiger partial charge in [0.1, 0.15) is 5.82 Å². The summed E-state index contributed by atoms with van der Waals surface area (Å²) < 4.78 is 41.5. The third kappa shape index (κ3) is 4.37. The number of aryl methyl sites for hydroxylation is 2. The maximum atomic E-state index is 13.7. The van der Waals surface area contributed by atoms with Crippen molar-refractivity contribution < 1.29 is 17.6 Å². The van der Waals surface area contributed by atoms with Gasteiger partial charge in [-0.2, -0.15) is 0 Å². The molecule has 0 unspecified atom stereocenters. The minimum atomic E-state index is -3.78. The predicted molar refractivity (Wildman–Crippen MR) is 108 cm³/mol. The van der Waals surface area contributed by atoms with Crippen molar-refractivity contribution >= 4 is 27.3 Å². The van der Waals surface area contributed by atoms with E-state index in [9.17, 15) is 17.6 Å². The number of sulfonamides is 1. The number of carbonyl (C=O) groups is 1. The first-order valence-corrected chi connectivity index (χ1v) is 10.0. The van der Waals surface area contributed by atoms with Crippen LogP contribution in [0.25, 0.3) is 0 Å². The first-order valence-electron chi connectivity index (χ1n) is 8.52. The molecule has 0 aliphatic carbocycles. The molecular formula is C21H19FN2O3S. The van der Waals surface area contributed by atoms with E-state index in [-0.39, 0.29) is 10.5 Å². The lowest BCUT2D eigenvalue weighted by atomic mass is 10.1. The number of carbonyl (C=O) groups excluding carboxylic acids is 1. The number of anilines is 2. The van der Waals surface area contributed by atoms with Crippen molar-refractivity contribution in [2.75, 3.05) is 10.0 Å². The molecule has 0 aliphatic heterocycles. The van der Waals surface area contributed by atoms with Crippen LogP contribution in [0.3, 0.4) is 0 Å². The smallest absolute Gasteiger partial charge is 0.261 e. The van der Waals surface area contributed by atoms with Crippen LogP contribution in [0.1, 0.15) is 21.5 Å². The van der Waals surface area contributed by atoms with Crippen LogP contribution < -0.4 is 10.0 Å². The van der Waals surface area contributed by atoms with Gasteiger partial charge in [0.15, 0.2) is 0 Å². The van der Waals surface area contributed by atoms with Crippen LogP contribution in [-0.2, 0) is 10.0 Å². The van der Waals surface area contributed by atoms with E-state index in [4.69, 9.17) is 0 Å². The predicted octanol–water partition coefficient (Wildman–Crippen LogP) is 4.50. The third-order valence-electron chi connectivity index (χ3n) is 4.18. The highest BCUT2D eigenvalue weighted by atomic mass is 32.2. The second kappa shape index (κ2) is 7.82. The Kier molecular flexibility index (Phi) is 5.46. The highest BCUT2D eigenvalue weighted by Gasteiger charge is 2.16. The summed E-state index contributed by atoms with van der Waals surface area (Å²) in [7, 11) is -3.78. The molecule has 0 saturated heterocycles. The largest absolute Gasteiger partial charge is 0.322 e. The van der Waals surface area contributed by atoms with E-state index in [1.807, 2.05) is 26.0 Å². The molecule has 3 aromatic carbocycles. The Bertz CT molecular complexity index is 1130. The number of rotatable bonds is 5. The lowest BCUT2D eigenvalue weighted by Crippen LogP contribution is -2.15. The molecule has 1 amide bonds. The first-order chi connectivity index (χ1) is 13.3. The van der Waals surface area contributed by atoms with Gasteiger partial charge in [-0.15, -0.1) is 0 Å². The average molecular weight is 398 g/mol. The molecule has 5 nitrogen and oxygen atoms in total. The second-order valence-corrected chi connectivity index (χ2v) is 8.06. The van der Waals surface area contributed by atoms with Crippen LogP contribution in [-0.4, -0.2) is 14.3 Å². The van der Waals surface area contributed by atoms with Gasteiger partial charge in [-0.1, -0.05) is 24.3 Å². The number of hydrogen-bond donors (Lipinski definition) is 2. The van der Waals surface area contributed by atoms with Gasteiger partial charge < -0.3 is 5.32 Å². The summed E-state index contributed by atoms with van der Waals surface area (Å²) in [6, 6.07) is 16.8. The fraction of sp³-hybridized carbons (Fsp3) is 0.0952. The fourth-order valence-corrected chi connectivity index (χ4v) is 3.73. The van der Waals surface area contributed by atoms with Crippen molar-refractivity contribution in [3.05, 3.63) is 89.2 Å². The Morgan fingerprint density at radius 1 is 0.929 bits per heavy atom. The van der Waals surface area contributed by atoms with Crippen molar-refractivity contribution in [2.45, 2.75) is 18.7 Å². The fourth-order valence-electron chi connectivity index (χ4n) is 2.61. The summed E-state index contributed by atoms with van der Waals surface area (Å²) in [5.41, 5.74) is 2.53. The van der Waals surface area contributed by atoms with Crippen molar-refractivity contribution in [3.8, 4) is 0 Å². The van der Waals surface area contributed by atoms with Gasteiger partial charge in [-0.05, 0) is 67.4 Å². The van der Waals surface area contributed by atoms with E-state index in [0.29, 0.717) is 11.4 Å². The van der Waals surface area contributed by atoms with Gasteiger partial charge in [0.05, 0.1) is 16.1 Å². The number of hydrogen-bond acceptors (Lipinski definition) is 3. The molecular weight excluding hydrogens is 379 g/mol. The molecule has 0 saturated carbocycles. The summed E-state index contributed by atoms with van der Waals surface area (Å²) in [6.07, 6.45) is 0. The molecule has 2 N–H and O–H groups in total. The van der Waals surface area contributed by atoms with E-state index in [1.54, 1.807) is 12.1 Å². The van der Waals surface area contributed by atoms with Gasteiger partial charge in [0, 0.05) is 5.69 Å². The summed E-state index contributed by atoms with van der Waals surface area (Å²) in [6.45, 7) is 3.70. The number of amides is 1. The lowest BCUT2D eigenvalue weighted by Gasteiger charge is -2.12. The molecule has 0 heterocycles. The zero-order valence-electron chi connectivity index (χ0n) is 15.4. The molecule has 7 heteroatoms. The SMILES string of the molecule is Cc1ccc(C)c(NS(=O)(=O)c2ccc(NC(=O)c3ccccc3F)cc2)c1. The van der Waals surface area contributed by atoms with E-state index in [1.165, 1.54) is 42.5 Å². The first kappa shape index (κ1) is 19.6. The maximum Gasteiger partial charge on any atom is 0.261 e. The average Bonchev–Trinajstić information content (AvgIpc) is 2.65. The number of nitrogens with one attached hydrogen (secondary N) is 2. The highest BCUT2D eigenvalue weighted by Crippen LogP contribution is 2.22. The molecule has 28 heavy (non-hydrogen) atoms. The molecule has 144 valence electrons. The van der Waals surface area contributed by atoms with Crippen LogP contribution >= 0.6 is 0 Å². The van der Waals surface area contributed by atoms with Crippen LogP contribution in [0, 0.1) is 19.7 Å². The molecule has 3 aromatic rings. The van der Waals surface area contributed by atoms with Crippen LogP contribution in [0.4, 0.5) is 15.8 Å². The van der Waals surface area contributed by atoms with E-state index < -0.39 is 21.7 Å². The molecule has 0 aliphatic rings. The molecule has 0 radical (unpaired) electrons. The van der Waals surface area contributed by atoms with E-state index >= 15 is 0 Å². The summed E-state index contributed by atoms with van der Waals surface area (Å²) in [4.78, 5) is 12.2. The Labute approximate surface area is 163 Å². The minimum absolute atomic E-state index is 0.0531. The van der Waals surface area contributed by atoms with Gasteiger partial charge in [-0.25, -0.2) is 12.8 Å². The lowest BCUT2D eigenvalue weighted by molar-refractivity contribution is 0.102. The molecule has 3 rings (SSSR count). The van der Waals surface area contributed by atoms with E-state index in [0.717, 1.165) is 11.1 Å². The van der Waals surface area contributed by atoms with Gasteiger partial charge >= 0.3 is 0 Å². The van der Waals surface area contributed by atoms with Crippen LogP contribution in [0.15, 0.2) is 71.6 Å². The standard InChI is InChI=1S/C21H19FN2O3S/c1-14-7-8-15(2)20(13-14)24-28(26,27)17-11-9-16(10-12-17)23-21(25)18-5-3-4-6-19(18)22/h3-13,24H,1-2H3,(H,23,25).